The number of carboxylic acid groups (broad SMARTS) is 1. The van der Waals surface area contributed by atoms with Gasteiger partial charge in [0.05, 0.1) is 6.42 Å². The number of amides is 1. The fourth-order valence-electron chi connectivity index (χ4n) is 2.58. The Morgan fingerprint density at radius 1 is 1.00 bits per heavy atom. The van der Waals surface area contributed by atoms with Crippen LogP contribution in [0.15, 0.2) is 48.5 Å². The third kappa shape index (κ3) is 4.68. The highest BCUT2D eigenvalue weighted by molar-refractivity contribution is 5.85. The van der Waals surface area contributed by atoms with E-state index in [1.165, 1.54) is 0 Å². The monoisotopic (exact) mass is 311 g/mol. The summed E-state index contributed by atoms with van der Waals surface area (Å²) in [5.74, 6) is -1.30. The maximum Gasteiger partial charge on any atom is 0.326 e. The fraction of sp³-hybridized carbons (Fsp3) is 0.263. The Morgan fingerprint density at radius 2 is 1.61 bits per heavy atom. The third-order valence-corrected chi connectivity index (χ3v) is 3.90. The van der Waals surface area contributed by atoms with Crippen molar-refractivity contribution in [3.05, 3.63) is 70.8 Å². The molecule has 0 aliphatic rings. The van der Waals surface area contributed by atoms with Crippen LogP contribution in [0.5, 0.6) is 0 Å². The van der Waals surface area contributed by atoms with E-state index in [0.29, 0.717) is 0 Å². The second-order valence-corrected chi connectivity index (χ2v) is 5.70. The average molecular weight is 311 g/mol. The molecule has 0 saturated heterocycles. The van der Waals surface area contributed by atoms with Gasteiger partial charge in [-0.25, -0.2) is 4.79 Å². The molecule has 0 aromatic heterocycles. The maximum atomic E-state index is 12.2. The molecule has 2 aromatic rings. The van der Waals surface area contributed by atoms with Gasteiger partial charge in [-0.3, -0.25) is 4.79 Å². The van der Waals surface area contributed by atoms with Gasteiger partial charge in [0.15, 0.2) is 0 Å². The van der Waals surface area contributed by atoms with Crippen LogP contribution in [0.3, 0.4) is 0 Å². The summed E-state index contributed by atoms with van der Waals surface area (Å²) in [5, 5.41) is 12.0. The summed E-state index contributed by atoms with van der Waals surface area (Å²) in [6, 6.07) is 14.2. The van der Waals surface area contributed by atoms with Crippen molar-refractivity contribution in [1.82, 2.24) is 5.32 Å². The molecule has 0 saturated carbocycles. The maximum absolute atomic E-state index is 12.2. The van der Waals surface area contributed by atoms with E-state index in [1.54, 1.807) is 0 Å². The smallest absolute Gasteiger partial charge is 0.326 e. The minimum Gasteiger partial charge on any atom is -0.480 e. The van der Waals surface area contributed by atoms with Gasteiger partial charge >= 0.3 is 5.97 Å². The predicted octanol–water partition coefficient (Wildman–Crippen LogP) is 2.66. The molecule has 4 nitrogen and oxygen atoms in total. The van der Waals surface area contributed by atoms with Crippen LogP contribution in [0.4, 0.5) is 0 Å². The lowest BCUT2D eigenvalue weighted by molar-refractivity contribution is -0.141. The number of rotatable bonds is 6. The van der Waals surface area contributed by atoms with Gasteiger partial charge in [-0.15, -0.1) is 0 Å². The third-order valence-electron chi connectivity index (χ3n) is 3.90. The lowest BCUT2D eigenvalue weighted by Crippen LogP contribution is -2.43. The summed E-state index contributed by atoms with van der Waals surface area (Å²) >= 11 is 0. The van der Waals surface area contributed by atoms with Gasteiger partial charge in [-0.1, -0.05) is 48.5 Å². The topological polar surface area (TPSA) is 66.4 Å². The van der Waals surface area contributed by atoms with Gasteiger partial charge in [-0.05, 0) is 36.1 Å². The Balaban J connectivity index is 2.05. The molecule has 0 heterocycles. The van der Waals surface area contributed by atoms with Gasteiger partial charge in [0.2, 0.25) is 5.91 Å². The van der Waals surface area contributed by atoms with Crippen molar-refractivity contribution in [3.8, 4) is 0 Å². The minimum atomic E-state index is -1.02. The number of carbonyl (C=O) groups is 2. The summed E-state index contributed by atoms with van der Waals surface area (Å²) in [4.78, 5) is 23.7. The first-order valence-corrected chi connectivity index (χ1v) is 7.58. The molecule has 1 amide bonds. The van der Waals surface area contributed by atoms with Crippen molar-refractivity contribution in [3.63, 3.8) is 0 Å². The summed E-state index contributed by atoms with van der Waals surface area (Å²) in [6.07, 6.45) is 0.464. The van der Waals surface area contributed by atoms with Crippen LogP contribution in [0.2, 0.25) is 0 Å². The number of hydrogen-bond acceptors (Lipinski definition) is 2. The van der Waals surface area contributed by atoms with Crippen LogP contribution in [-0.4, -0.2) is 23.0 Å². The standard InChI is InChI=1S/C19H21NO3/c1-13-7-6-8-14(2)16(13)12-18(21)20-17(19(22)23)11-15-9-4-3-5-10-15/h3-10,17H,11-12H2,1-2H3,(H,20,21)(H,22,23)/t17-/m1/s1. The van der Waals surface area contributed by atoms with E-state index in [2.05, 4.69) is 5.32 Å². The van der Waals surface area contributed by atoms with E-state index in [1.807, 2.05) is 62.4 Å². The van der Waals surface area contributed by atoms with Gasteiger partial charge in [0.1, 0.15) is 6.04 Å². The normalized spacial score (nSPS) is 11.7. The molecular formula is C19H21NO3. The van der Waals surface area contributed by atoms with E-state index in [0.717, 1.165) is 22.3 Å². The lowest BCUT2D eigenvalue weighted by atomic mass is 9.99. The zero-order chi connectivity index (χ0) is 16.8. The molecule has 0 radical (unpaired) electrons. The first kappa shape index (κ1) is 16.7. The number of carboxylic acids is 1. The molecule has 2 N–H and O–H groups in total. The lowest BCUT2D eigenvalue weighted by Gasteiger charge is -2.16. The Morgan fingerprint density at radius 3 is 2.17 bits per heavy atom. The van der Waals surface area contributed by atoms with Crippen molar-refractivity contribution in [1.29, 1.82) is 0 Å². The van der Waals surface area contributed by atoms with Crippen molar-refractivity contribution in [2.24, 2.45) is 0 Å². The molecule has 4 heteroatoms. The Labute approximate surface area is 136 Å². The Bertz CT molecular complexity index is 675. The number of aryl methyl sites for hydroxylation is 2. The average Bonchev–Trinajstić information content (AvgIpc) is 2.51. The second-order valence-electron chi connectivity index (χ2n) is 5.70. The zero-order valence-electron chi connectivity index (χ0n) is 13.4. The Hall–Kier alpha value is -2.62. The first-order valence-electron chi connectivity index (χ1n) is 7.58. The summed E-state index contributed by atoms with van der Waals surface area (Å²) < 4.78 is 0. The molecule has 0 aliphatic heterocycles. The van der Waals surface area contributed by atoms with Gasteiger partial charge in [0.25, 0.3) is 0 Å². The molecule has 23 heavy (non-hydrogen) atoms. The van der Waals surface area contributed by atoms with Crippen molar-refractivity contribution in [2.45, 2.75) is 32.7 Å². The largest absolute Gasteiger partial charge is 0.480 e. The Kier molecular flexibility index (Phi) is 5.52. The molecule has 0 spiro atoms. The highest BCUT2D eigenvalue weighted by Crippen LogP contribution is 2.14. The zero-order valence-corrected chi connectivity index (χ0v) is 13.4. The van der Waals surface area contributed by atoms with Crippen LogP contribution in [0.25, 0.3) is 0 Å². The molecule has 120 valence electrons. The van der Waals surface area contributed by atoms with E-state index >= 15 is 0 Å². The highest BCUT2D eigenvalue weighted by atomic mass is 16.4. The van der Waals surface area contributed by atoms with Crippen LogP contribution < -0.4 is 5.32 Å². The van der Waals surface area contributed by atoms with E-state index < -0.39 is 12.0 Å². The molecule has 0 bridgehead atoms. The number of hydrogen-bond donors (Lipinski definition) is 2. The van der Waals surface area contributed by atoms with Gasteiger partial charge in [0, 0.05) is 6.42 Å². The molecule has 0 unspecified atom stereocenters. The van der Waals surface area contributed by atoms with Crippen LogP contribution in [0.1, 0.15) is 22.3 Å². The number of benzene rings is 2. The van der Waals surface area contributed by atoms with Crippen LogP contribution in [0, 0.1) is 13.8 Å². The number of nitrogens with one attached hydrogen (secondary N) is 1. The van der Waals surface area contributed by atoms with Gasteiger partial charge in [-0.2, -0.15) is 0 Å². The summed E-state index contributed by atoms with van der Waals surface area (Å²) in [6.45, 7) is 3.91. The molecule has 1 atom stereocenters. The van der Waals surface area contributed by atoms with Gasteiger partial charge < -0.3 is 10.4 Å². The molecular weight excluding hydrogens is 290 g/mol. The fourth-order valence-corrected chi connectivity index (χ4v) is 2.58. The molecule has 0 aliphatic carbocycles. The predicted molar refractivity (Wildman–Crippen MR) is 89.3 cm³/mol. The number of aliphatic carboxylic acids is 1. The van der Waals surface area contributed by atoms with E-state index in [-0.39, 0.29) is 18.7 Å². The number of carbonyl (C=O) groups excluding carboxylic acids is 1. The second kappa shape index (κ2) is 7.58. The van der Waals surface area contributed by atoms with E-state index in [4.69, 9.17) is 0 Å². The highest BCUT2D eigenvalue weighted by Gasteiger charge is 2.21. The van der Waals surface area contributed by atoms with Crippen molar-refractivity contribution in [2.75, 3.05) is 0 Å². The minimum absolute atomic E-state index is 0.192. The molecule has 2 rings (SSSR count). The first-order chi connectivity index (χ1) is 11.0. The van der Waals surface area contributed by atoms with Crippen LogP contribution in [-0.2, 0) is 22.4 Å². The van der Waals surface area contributed by atoms with Crippen LogP contribution >= 0.6 is 0 Å². The summed E-state index contributed by atoms with van der Waals surface area (Å²) in [7, 11) is 0. The molecule has 0 fully saturated rings. The van der Waals surface area contributed by atoms with Crippen molar-refractivity contribution < 1.29 is 14.7 Å². The van der Waals surface area contributed by atoms with Crippen molar-refractivity contribution >= 4 is 11.9 Å². The SMILES string of the molecule is Cc1cccc(C)c1CC(=O)N[C@H](Cc1ccccc1)C(=O)O. The quantitative estimate of drug-likeness (QED) is 0.862. The molecule has 2 aromatic carbocycles. The van der Waals surface area contributed by atoms with E-state index in [9.17, 15) is 14.7 Å². The summed E-state index contributed by atoms with van der Waals surface area (Å²) in [5.41, 5.74) is 3.91.